The largest absolute Gasteiger partial charge is 0.507 e. The summed E-state index contributed by atoms with van der Waals surface area (Å²) in [7, 11) is 1.46. The number of ether oxygens (including phenoxy) is 2. The predicted molar refractivity (Wildman–Crippen MR) is 151 cm³/mol. The van der Waals surface area contributed by atoms with Gasteiger partial charge in [0, 0.05) is 22.0 Å². The van der Waals surface area contributed by atoms with Gasteiger partial charge in [-0.3, -0.25) is 19.8 Å². The molecule has 0 bridgehead atoms. The maximum atomic E-state index is 13.4. The quantitative estimate of drug-likeness (QED) is 0.195. The fraction of sp³-hybridized carbons (Fsp3) is 0.207. The third-order valence-electron chi connectivity index (χ3n) is 5.83. The van der Waals surface area contributed by atoms with Crippen molar-refractivity contribution >= 4 is 58.1 Å². The summed E-state index contributed by atoms with van der Waals surface area (Å²) in [5.74, 6) is -1.75. The van der Waals surface area contributed by atoms with Gasteiger partial charge in [0.2, 0.25) is 0 Å². The first kappa shape index (κ1) is 28.0. The number of anilines is 2. The van der Waals surface area contributed by atoms with Crippen LogP contribution in [0.3, 0.4) is 0 Å². The number of Topliss-reactive ketones (excluding diaryl/α,β-unsaturated/α-hetero) is 1. The van der Waals surface area contributed by atoms with Crippen LogP contribution in [0.15, 0.2) is 72.3 Å². The van der Waals surface area contributed by atoms with Crippen molar-refractivity contribution in [1.29, 1.82) is 0 Å². The van der Waals surface area contributed by atoms with Crippen LogP contribution < -0.4 is 15.0 Å². The Balaban J connectivity index is 1.82. The lowest BCUT2D eigenvalue weighted by molar-refractivity contribution is -0.132. The zero-order valence-corrected chi connectivity index (χ0v) is 23.1. The molecule has 0 saturated carbocycles. The van der Waals surface area contributed by atoms with E-state index in [0.29, 0.717) is 27.7 Å². The molecule has 39 heavy (non-hydrogen) atoms. The van der Waals surface area contributed by atoms with Crippen LogP contribution in [0.5, 0.6) is 5.75 Å². The van der Waals surface area contributed by atoms with E-state index in [1.807, 2.05) is 0 Å². The second-order valence-corrected chi connectivity index (χ2v) is 10.6. The number of halogens is 2. The molecule has 0 aromatic heterocycles. The Morgan fingerprint density at radius 1 is 1.00 bits per heavy atom. The number of aliphatic hydroxyl groups is 1. The van der Waals surface area contributed by atoms with Crippen molar-refractivity contribution in [3.05, 3.63) is 93.5 Å². The fourth-order valence-electron chi connectivity index (χ4n) is 4.19. The summed E-state index contributed by atoms with van der Waals surface area (Å²) in [5.41, 5.74) is 0.573. The lowest BCUT2D eigenvalue weighted by Crippen LogP contribution is -2.29. The topological polar surface area (TPSA) is 105 Å². The van der Waals surface area contributed by atoms with E-state index in [9.17, 15) is 19.5 Å². The second kappa shape index (κ2) is 11.0. The Morgan fingerprint density at radius 2 is 1.69 bits per heavy atom. The zero-order chi connectivity index (χ0) is 28.5. The van der Waals surface area contributed by atoms with Crippen LogP contribution in [0.25, 0.3) is 5.76 Å². The Hall–Kier alpha value is -4.01. The van der Waals surface area contributed by atoms with E-state index in [1.165, 1.54) is 24.1 Å². The van der Waals surface area contributed by atoms with Crippen molar-refractivity contribution in [2.24, 2.45) is 0 Å². The minimum atomic E-state index is -0.991. The molecule has 1 fully saturated rings. The SMILES string of the molecule is COc1ccc(N2C(=O)C(=O)C(=C(O)c3cccc(NC(=O)OC(C)(C)C)c3)C2c2ccc(Cl)cc2)cc1Cl. The molecule has 1 aliphatic heterocycles. The lowest BCUT2D eigenvalue weighted by atomic mass is 9.95. The number of methoxy groups -OCH3 is 1. The van der Waals surface area contributed by atoms with Crippen molar-refractivity contribution in [3.63, 3.8) is 0 Å². The number of hydrogen-bond acceptors (Lipinski definition) is 6. The highest BCUT2D eigenvalue weighted by Crippen LogP contribution is 2.44. The van der Waals surface area contributed by atoms with Gasteiger partial charge in [0.05, 0.1) is 23.7 Å². The average Bonchev–Trinajstić information content (AvgIpc) is 3.13. The lowest BCUT2D eigenvalue weighted by Gasteiger charge is -2.26. The van der Waals surface area contributed by atoms with Gasteiger partial charge < -0.3 is 14.6 Å². The van der Waals surface area contributed by atoms with Gasteiger partial charge in [-0.05, 0) is 68.8 Å². The smallest absolute Gasteiger partial charge is 0.412 e. The van der Waals surface area contributed by atoms with Crippen molar-refractivity contribution in [3.8, 4) is 5.75 Å². The molecule has 1 saturated heterocycles. The number of nitrogens with one attached hydrogen (secondary N) is 1. The van der Waals surface area contributed by atoms with Crippen LogP contribution in [-0.4, -0.2) is 35.6 Å². The monoisotopic (exact) mass is 568 g/mol. The maximum absolute atomic E-state index is 13.4. The molecule has 1 heterocycles. The molecule has 1 atom stereocenters. The number of ketones is 1. The van der Waals surface area contributed by atoms with E-state index in [4.69, 9.17) is 32.7 Å². The summed E-state index contributed by atoms with van der Waals surface area (Å²) < 4.78 is 10.5. The second-order valence-electron chi connectivity index (χ2n) is 9.75. The van der Waals surface area contributed by atoms with E-state index in [-0.39, 0.29) is 16.2 Å². The number of hydrogen-bond donors (Lipinski definition) is 2. The standard InChI is InChI=1S/C29H26Cl2N2O6/c1-29(2,3)39-28(37)32-19-7-5-6-17(14-19)25(34)23-24(16-8-10-18(30)11-9-16)33(27(36)26(23)35)20-12-13-22(38-4)21(31)15-20/h5-15,24,34H,1-4H3,(H,32,37). The number of nitrogens with zero attached hydrogens (tertiary/aromatic N) is 1. The van der Waals surface area contributed by atoms with Gasteiger partial charge in [-0.2, -0.15) is 0 Å². The first-order valence-electron chi connectivity index (χ1n) is 11.9. The molecule has 2 N–H and O–H groups in total. The van der Waals surface area contributed by atoms with Crippen LogP contribution in [-0.2, 0) is 14.3 Å². The zero-order valence-electron chi connectivity index (χ0n) is 21.6. The number of carbonyl (C=O) groups is 3. The number of amides is 2. The highest BCUT2D eigenvalue weighted by molar-refractivity contribution is 6.52. The number of carbonyl (C=O) groups excluding carboxylic acids is 3. The molecular formula is C29H26Cl2N2O6. The highest BCUT2D eigenvalue weighted by Gasteiger charge is 2.47. The number of benzene rings is 3. The molecule has 0 radical (unpaired) electrons. The summed E-state index contributed by atoms with van der Waals surface area (Å²) in [5, 5.41) is 14.7. The maximum Gasteiger partial charge on any atom is 0.412 e. The third kappa shape index (κ3) is 6.02. The molecular weight excluding hydrogens is 543 g/mol. The van der Waals surface area contributed by atoms with Crippen LogP contribution in [0, 0.1) is 0 Å². The van der Waals surface area contributed by atoms with Gasteiger partial charge in [0.15, 0.2) is 0 Å². The summed E-state index contributed by atoms with van der Waals surface area (Å²) in [4.78, 5) is 40.3. The molecule has 1 unspecified atom stereocenters. The van der Waals surface area contributed by atoms with Crippen molar-refractivity contribution < 1.29 is 29.0 Å². The molecule has 3 aromatic rings. The Kier molecular flexibility index (Phi) is 7.90. The fourth-order valence-corrected chi connectivity index (χ4v) is 4.56. The predicted octanol–water partition coefficient (Wildman–Crippen LogP) is 6.98. The first-order chi connectivity index (χ1) is 18.4. The van der Waals surface area contributed by atoms with Crippen LogP contribution in [0.4, 0.5) is 16.2 Å². The van der Waals surface area contributed by atoms with E-state index in [1.54, 1.807) is 75.4 Å². The Labute approximate surface area is 235 Å². The molecule has 202 valence electrons. The molecule has 2 amide bonds. The van der Waals surface area contributed by atoms with Crippen molar-refractivity contribution in [2.45, 2.75) is 32.4 Å². The van der Waals surface area contributed by atoms with Gasteiger partial charge in [-0.1, -0.05) is 47.5 Å². The highest BCUT2D eigenvalue weighted by atomic mass is 35.5. The summed E-state index contributed by atoms with van der Waals surface area (Å²) >= 11 is 12.4. The summed E-state index contributed by atoms with van der Waals surface area (Å²) in [6, 6.07) is 16.6. The molecule has 4 rings (SSSR count). The minimum absolute atomic E-state index is 0.135. The van der Waals surface area contributed by atoms with Crippen LogP contribution in [0.2, 0.25) is 10.0 Å². The van der Waals surface area contributed by atoms with E-state index < -0.39 is 35.2 Å². The van der Waals surface area contributed by atoms with Crippen LogP contribution >= 0.6 is 23.2 Å². The molecule has 0 spiro atoms. The number of aliphatic hydroxyl groups excluding tert-OH is 1. The van der Waals surface area contributed by atoms with Gasteiger partial charge in [0.25, 0.3) is 11.7 Å². The Bertz CT molecular complexity index is 1480. The van der Waals surface area contributed by atoms with E-state index >= 15 is 0 Å². The first-order valence-corrected chi connectivity index (χ1v) is 12.7. The molecule has 0 aliphatic carbocycles. The minimum Gasteiger partial charge on any atom is -0.507 e. The van der Waals surface area contributed by atoms with Gasteiger partial charge in [0.1, 0.15) is 17.1 Å². The van der Waals surface area contributed by atoms with Gasteiger partial charge >= 0.3 is 6.09 Å². The summed E-state index contributed by atoms with van der Waals surface area (Å²) in [6.45, 7) is 5.21. The molecule has 10 heteroatoms. The van der Waals surface area contributed by atoms with Crippen LogP contribution in [0.1, 0.15) is 37.9 Å². The van der Waals surface area contributed by atoms with Crippen molar-refractivity contribution in [1.82, 2.24) is 0 Å². The molecule has 1 aliphatic rings. The van der Waals surface area contributed by atoms with E-state index in [0.717, 1.165) is 0 Å². The van der Waals surface area contributed by atoms with E-state index in [2.05, 4.69) is 5.32 Å². The third-order valence-corrected chi connectivity index (χ3v) is 6.37. The molecule has 8 nitrogen and oxygen atoms in total. The normalized spacial score (nSPS) is 16.8. The van der Waals surface area contributed by atoms with Crippen molar-refractivity contribution in [2.75, 3.05) is 17.3 Å². The van der Waals surface area contributed by atoms with Gasteiger partial charge in [-0.25, -0.2) is 4.79 Å². The Morgan fingerprint density at radius 3 is 2.31 bits per heavy atom. The summed E-state index contributed by atoms with van der Waals surface area (Å²) in [6.07, 6.45) is -0.680. The molecule has 3 aromatic carbocycles. The number of rotatable bonds is 5. The van der Waals surface area contributed by atoms with Gasteiger partial charge in [-0.15, -0.1) is 0 Å². The average molecular weight is 569 g/mol.